The largest absolute Gasteiger partial charge is 0.301 e. The fourth-order valence-electron chi connectivity index (χ4n) is 2.25. The van der Waals surface area contributed by atoms with E-state index in [4.69, 9.17) is 0 Å². The lowest BCUT2D eigenvalue weighted by Gasteiger charge is -2.34. The Morgan fingerprint density at radius 2 is 1.78 bits per heavy atom. The van der Waals surface area contributed by atoms with Crippen molar-refractivity contribution >= 4 is 31.9 Å². The fourth-order valence-corrected chi connectivity index (χ4v) is 3.63. The van der Waals surface area contributed by atoms with Crippen LogP contribution in [0.2, 0.25) is 0 Å². The predicted molar refractivity (Wildman–Crippen MR) is 87.3 cm³/mol. The molecule has 0 aliphatic rings. The molecule has 18 heavy (non-hydrogen) atoms. The smallest absolute Gasteiger partial charge is 0.0242 e. The van der Waals surface area contributed by atoms with Gasteiger partial charge in [0.1, 0.15) is 0 Å². The first-order valence-corrected chi connectivity index (χ1v) is 8.46. The van der Waals surface area contributed by atoms with Crippen LogP contribution in [0.15, 0.2) is 28.7 Å². The molecule has 0 aliphatic carbocycles. The predicted octanol–water partition coefficient (Wildman–Crippen LogP) is 5.08. The molecule has 1 rings (SSSR count). The van der Waals surface area contributed by atoms with Gasteiger partial charge in [0.25, 0.3) is 0 Å². The first-order chi connectivity index (χ1) is 8.56. The van der Waals surface area contributed by atoms with E-state index < -0.39 is 0 Å². The summed E-state index contributed by atoms with van der Waals surface area (Å²) in [6.45, 7) is 6.71. The molecule has 3 heteroatoms. The third kappa shape index (κ3) is 4.36. The highest BCUT2D eigenvalue weighted by Gasteiger charge is 2.26. The van der Waals surface area contributed by atoms with E-state index in [0.29, 0.717) is 5.41 Å². The molecule has 0 radical (unpaired) electrons. The van der Waals surface area contributed by atoms with Crippen molar-refractivity contribution in [2.45, 2.75) is 33.2 Å². The maximum absolute atomic E-state index is 3.69. The van der Waals surface area contributed by atoms with E-state index in [0.717, 1.165) is 18.4 Å². The molecule has 0 heterocycles. The van der Waals surface area contributed by atoms with Gasteiger partial charge >= 0.3 is 0 Å². The lowest BCUT2D eigenvalue weighted by atomic mass is 9.84. The number of hydrogen-bond donors (Lipinski definition) is 0. The van der Waals surface area contributed by atoms with Crippen molar-refractivity contribution in [3.05, 3.63) is 34.3 Å². The van der Waals surface area contributed by atoms with Crippen molar-refractivity contribution < 1.29 is 0 Å². The molecule has 1 aromatic rings. The van der Waals surface area contributed by atoms with Gasteiger partial charge in [0.2, 0.25) is 0 Å². The SMILES string of the molecule is CCC(CC)(CBr)CN(C)Cc1ccccc1Br. The highest BCUT2D eigenvalue weighted by Crippen LogP contribution is 2.30. The molecular formula is C15H23Br2N. The summed E-state index contributed by atoms with van der Waals surface area (Å²) in [6.07, 6.45) is 2.43. The van der Waals surface area contributed by atoms with Gasteiger partial charge in [-0.25, -0.2) is 0 Å². The van der Waals surface area contributed by atoms with E-state index in [2.05, 4.69) is 81.9 Å². The van der Waals surface area contributed by atoms with E-state index in [9.17, 15) is 0 Å². The van der Waals surface area contributed by atoms with Crippen LogP contribution in [-0.4, -0.2) is 23.8 Å². The van der Waals surface area contributed by atoms with Crippen molar-refractivity contribution in [3.63, 3.8) is 0 Å². The van der Waals surface area contributed by atoms with Crippen molar-refractivity contribution in [1.29, 1.82) is 0 Å². The van der Waals surface area contributed by atoms with Crippen LogP contribution in [0.5, 0.6) is 0 Å². The van der Waals surface area contributed by atoms with E-state index >= 15 is 0 Å². The third-order valence-corrected chi connectivity index (χ3v) is 5.75. The molecule has 0 aliphatic heterocycles. The van der Waals surface area contributed by atoms with Gasteiger partial charge in [-0.05, 0) is 36.9 Å². The first kappa shape index (κ1) is 16.2. The minimum Gasteiger partial charge on any atom is -0.301 e. The molecule has 0 N–H and O–H groups in total. The Morgan fingerprint density at radius 3 is 2.28 bits per heavy atom. The molecule has 0 saturated carbocycles. The van der Waals surface area contributed by atoms with E-state index in [1.165, 1.54) is 22.9 Å². The average molecular weight is 377 g/mol. The summed E-state index contributed by atoms with van der Waals surface area (Å²) < 4.78 is 1.20. The Kier molecular flexibility index (Phi) is 6.89. The topological polar surface area (TPSA) is 3.24 Å². The van der Waals surface area contributed by atoms with Gasteiger partial charge in [-0.1, -0.05) is 63.9 Å². The van der Waals surface area contributed by atoms with E-state index in [1.54, 1.807) is 0 Å². The second kappa shape index (κ2) is 7.66. The maximum atomic E-state index is 3.69. The zero-order valence-electron chi connectivity index (χ0n) is 11.5. The Bertz CT molecular complexity index is 353. The lowest BCUT2D eigenvalue weighted by molar-refractivity contribution is 0.180. The molecule has 0 bridgehead atoms. The van der Waals surface area contributed by atoms with Gasteiger partial charge in [-0.15, -0.1) is 0 Å². The van der Waals surface area contributed by atoms with Crippen molar-refractivity contribution in [2.24, 2.45) is 5.41 Å². The quantitative estimate of drug-likeness (QED) is 0.599. The molecule has 0 fully saturated rings. The third-order valence-electron chi connectivity index (χ3n) is 3.79. The average Bonchev–Trinajstić information content (AvgIpc) is 2.39. The number of benzene rings is 1. The van der Waals surface area contributed by atoms with E-state index in [1.807, 2.05) is 0 Å². The Labute approximate surface area is 128 Å². The van der Waals surface area contributed by atoms with Crippen LogP contribution in [0.25, 0.3) is 0 Å². The summed E-state index contributed by atoms with van der Waals surface area (Å²) in [4.78, 5) is 2.42. The molecule has 0 amide bonds. The van der Waals surface area contributed by atoms with Gasteiger partial charge in [0, 0.05) is 22.9 Å². The van der Waals surface area contributed by atoms with Gasteiger partial charge in [0.15, 0.2) is 0 Å². The minimum absolute atomic E-state index is 0.399. The van der Waals surface area contributed by atoms with Crippen molar-refractivity contribution in [1.82, 2.24) is 4.90 Å². The summed E-state index contributed by atoms with van der Waals surface area (Å²) >= 11 is 7.31. The van der Waals surface area contributed by atoms with Gasteiger partial charge < -0.3 is 4.90 Å². The maximum Gasteiger partial charge on any atom is 0.0242 e. The van der Waals surface area contributed by atoms with Gasteiger partial charge in [0.05, 0.1) is 0 Å². The van der Waals surface area contributed by atoms with Crippen LogP contribution in [0, 0.1) is 5.41 Å². The summed E-state index contributed by atoms with van der Waals surface area (Å²) in [5, 5.41) is 1.08. The molecule has 0 atom stereocenters. The summed E-state index contributed by atoms with van der Waals surface area (Å²) in [7, 11) is 2.21. The Hall–Kier alpha value is 0.140. The second-order valence-corrected chi connectivity index (χ2v) is 6.52. The fraction of sp³-hybridized carbons (Fsp3) is 0.600. The van der Waals surface area contributed by atoms with Gasteiger partial charge in [-0.2, -0.15) is 0 Å². The molecule has 0 unspecified atom stereocenters. The molecular weight excluding hydrogens is 354 g/mol. The monoisotopic (exact) mass is 375 g/mol. The molecule has 0 aromatic heterocycles. The van der Waals surface area contributed by atoms with Crippen LogP contribution in [0.3, 0.4) is 0 Å². The first-order valence-electron chi connectivity index (χ1n) is 6.55. The minimum atomic E-state index is 0.399. The molecule has 0 saturated heterocycles. The standard InChI is InChI=1S/C15H23Br2N/c1-4-15(5-2,11-16)12-18(3)10-13-8-6-7-9-14(13)17/h6-9H,4-5,10-12H2,1-3H3. The Balaban J connectivity index is 2.66. The lowest BCUT2D eigenvalue weighted by Crippen LogP contribution is -2.36. The zero-order chi connectivity index (χ0) is 13.6. The van der Waals surface area contributed by atoms with E-state index in [-0.39, 0.29) is 0 Å². The summed E-state index contributed by atoms with van der Waals surface area (Å²) in [6, 6.07) is 8.47. The number of nitrogens with zero attached hydrogens (tertiary/aromatic N) is 1. The van der Waals surface area contributed by atoms with Crippen LogP contribution in [-0.2, 0) is 6.54 Å². The molecule has 1 nitrogen and oxygen atoms in total. The molecule has 1 aromatic carbocycles. The number of halogens is 2. The summed E-state index contributed by atoms with van der Waals surface area (Å²) in [5.41, 5.74) is 1.76. The van der Waals surface area contributed by atoms with Crippen LogP contribution in [0.4, 0.5) is 0 Å². The number of rotatable bonds is 7. The summed E-state index contributed by atoms with van der Waals surface area (Å²) in [5.74, 6) is 0. The number of hydrogen-bond acceptors (Lipinski definition) is 1. The van der Waals surface area contributed by atoms with Crippen LogP contribution >= 0.6 is 31.9 Å². The van der Waals surface area contributed by atoms with Crippen molar-refractivity contribution in [3.8, 4) is 0 Å². The highest BCUT2D eigenvalue weighted by atomic mass is 79.9. The highest BCUT2D eigenvalue weighted by molar-refractivity contribution is 9.10. The second-order valence-electron chi connectivity index (χ2n) is 5.10. The van der Waals surface area contributed by atoms with Crippen molar-refractivity contribution in [2.75, 3.05) is 18.9 Å². The normalized spacial score (nSPS) is 12.1. The Morgan fingerprint density at radius 1 is 1.17 bits per heavy atom. The zero-order valence-corrected chi connectivity index (χ0v) is 14.7. The molecule has 0 spiro atoms. The number of alkyl halides is 1. The van der Waals surface area contributed by atoms with Gasteiger partial charge in [-0.3, -0.25) is 0 Å². The van der Waals surface area contributed by atoms with Crippen LogP contribution in [0.1, 0.15) is 32.3 Å². The molecule has 102 valence electrons. The van der Waals surface area contributed by atoms with Crippen LogP contribution < -0.4 is 0 Å².